The summed E-state index contributed by atoms with van der Waals surface area (Å²) in [5, 5.41) is 2.92. The maximum absolute atomic E-state index is 13.9. The molecular formula is C20H14Cl2F2N2O4S. The van der Waals surface area contributed by atoms with Crippen LogP contribution >= 0.6 is 23.2 Å². The number of ether oxygens (including phenoxy) is 1. The first-order chi connectivity index (χ1) is 14.6. The molecule has 0 heterocycles. The number of hydrogen-bond acceptors (Lipinski definition) is 4. The molecule has 0 bridgehead atoms. The Morgan fingerprint density at radius 2 is 1.68 bits per heavy atom. The zero-order valence-corrected chi connectivity index (χ0v) is 18.1. The highest BCUT2D eigenvalue weighted by Gasteiger charge is 2.22. The lowest BCUT2D eigenvalue weighted by molar-refractivity contribution is 0.102. The molecule has 31 heavy (non-hydrogen) atoms. The van der Waals surface area contributed by atoms with E-state index in [1.54, 1.807) is 0 Å². The van der Waals surface area contributed by atoms with Gasteiger partial charge in [-0.25, -0.2) is 17.2 Å². The number of para-hydroxylation sites is 1. The van der Waals surface area contributed by atoms with Crippen LogP contribution in [0.5, 0.6) is 5.75 Å². The molecule has 0 spiro atoms. The summed E-state index contributed by atoms with van der Waals surface area (Å²) >= 11 is 11.9. The molecule has 3 rings (SSSR count). The SMILES string of the molecule is COc1ccc(S(=O)(=O)Nc2c(F)cccc2F)cc1NC(=O)c1ccc(Cl)cc1Cl. The monoisotopic (exact) mass is 486 g/mol. The summed E-state index contributed by atoms with van der Waals surface area (Å²) in [7, 11) is -3.08. The molecule has 3 aromatic carbocycles. The lowest BCUT2D eigenvalue weighted by Crippen LogP contribution is -2.17. The van der Waals surface area contributed by atoms with Crippen LogP contribution in [0.2, 0.25) is 10.0 Å². The number of rotatable bonds is 6. The van der Waals surface area contributed by atoms with Gasteiger partial charge in [-0.05, 0) is 48.5 Å². The molecule has 2 N–H and O–H groups in total. The van der Waals surface area contributed by atoms with Crippen LogP contribution in [0, 0.1) is 11.6 Å². The average molecular weight is 487 g/mol. The van der Waals surface area contributed by atoms with Gasteiger partial charge in [-0.1, -0.05) is 29.3 Å². The van der Waals surface area contributed by atoms with Crippen LogP contribution in [-0.4, -0.2) is 21.4 Å². The Labute approximate surface area is 186 Å². The summed E-state index contributed by atoms with van der Waals surface area (Å²) in [5.41, 5.74) is -0.736. The quantitative estimate of drug-likeness (QED) is 0.492. The highest BCUT2D eigenvalue weighted by atomic mass is 35.5. The van der Waals surface area contributed by atoms with Gasteiger partial charge in [-0.15, -0.1) is 0 Å². The molecule has 0 fully saturated rings. The smallest absolute Gasteiger partial charge is 0.262 e. The molecule has 1 amide bonds. The number of methoxy groups -OCH3 is 1. The minimum absolute atomic E-state index is 0.00426. The molecule has 0 saturated carbocycles. The van der Waals surface area contributed by atoms with Crippen molar-refractivity contribution >= 4 is 50.5 Å². The van der Waals surface area contributed by atoms with Crippen molar-refractivity contribution in [1.29, 1.82) is 0 Å². The molecule has 0 radical (unpaired) electrons. The summed E-state index contributed by atoms with van der Waals surface area (Å²) in [5.74, 6) is -2.66. The van der Waals surface area contributed by atoms with E-state index in [2.05, 4.69) is 5.32 Å². The second-order valence-corrected chi connectivity index (χ2v) is 8.67. The minimum Gasteiger partial charge on any atom is -0.495 e. The predicted octanol–water partition coefficient (Wildman–Crippen LogP) is 5.33. The van der Waals surface area contributed by atoms with Crippen molar-refractivity contribution in [2.45, 2.75) is 4.90 Å². The minimum atomic E-state index is -4.40. The number of halogens is 4. The molecule has 0 saturated heterocycles. The topological polar surface area (TPSA) is 84.5 Å². The standard InChI is InChI=1S/C20H14Cl2F2N2O4S/c1-30-18-8-6-12(31(28,29)26-19-15(23)3-2-4-16(19)24)10-17(18)25-20(27)13-7-5-11(21)9-14(13)22/h2-10,26H,1H3,(H,25,27). The second-order valence-electron chi connectivity index (χ2n) is 6.14. The van der Waals surface area contributed by atoms with Crippen molar-refractivity contribution in [3.8, 4) is 5.75 Å². The van der Waals surface area contributed by atoms with Gasteiger partial charge in [0.15, 0.2) is 0 Å². The van der Waals surface area contributed by atoms with E-state index in [1.165, 1.54) is 31.4 Å². The van der Waals surface area contributed by atoms with Crippen LogP contribution in [0.4, 0.5) is 20.2 Å². The fraction of sp³-hybridized carbons (Fsp3) is 0.0500. The van der Waals surface area contributed by atoms with Crippen molar-refractivity contribution in [1.82, 2.24) is 0 Å². The van der Waals surface area contributed by atoms with E-state index in [4.69, 9.17) is 27.9 Å². The lowest BCUT2D eigenvalue weighted by Gasteiger charge is -2.14. The van der Waals surface area contributed by atoms with Gasteiger partial charge in [-0.3, -0.25) is 9.52 Å². The Hall–Kier alpha value is -2.88. The maximum Gasteiger partial charge on any atom is 0.262 e. The van der Waals surface area contributed by atoms with E-state index in [1.807, 2.05) is 4.72 Å². The number of carbonyl (C=O) groups excluding carboxylic acids is 1. The van der Waals surface area contributed by atoms with Crippen molar-refractivity contribution in [2.24, 2.45) is 0 Å². The third kappa shape index (κ3) is 5.07. The van der Waals surface area contributed by atoms with Crippen LogP contribution in [0.3, 0.4) is 0 Å². The highest BCUT2D eigenvalue weighted by Crippen LogP contribution is 2.31. The van der Waals surface area contributed by atoms with Crippen molar-refractivity contribution in [3.63, 3.8) is 0 Å². The molecule has 11 heteroatoms. The number of nitrogens with one attached hydrogen (secondary N) is 2. The normalized spacial score (nSPS) is 11.1. The first-order valence-electron chi connectivity index (χ1n) is 8.53. The van der Waals surface area contributed by atoms with E-state index in [-0.39, 0.29) is 26.9 Å². The molecule has 6 nitrogen and oxygen atoms in total. The zero-order valence-electron chi connectivity index (χ0n) is 15.7. The van der Waals surface area contributed by atoms with E-state index in [0.29, 0.717) is 5.02 Å². The van der Waals surface area contributed by atoms with Crippen LogP contribution in [0.15, 0.2) is 59.5 Å². The van der Waals surface area contributed by atoms with Crippen LogP contribution in [0.1, 0.15) is 10.4 Å². The van der Waals surface area contributed by atoms with Crippen LogP contribution in [0.25, 0.3) is 0 Å². The number of hydrogen-bond donors (Lipinski definition) is 2. The summed E-state index contributed by atoms with van der Waals surface area (Å²) in [4.78, 5) is 12.2. The van der Waals surface area contributed by atoms with Gasteiger partial charge in [0.2, 0.25) is 0 Å². The van der Waals surface area contributed by atoms with Gasteiger partial charge < -0.3 is 10.1 Å². The number of anilines is 2. The van der Waals surface area contributed by atoms with Crippen LogP contribution in [-0.2, 0) is 10.0 Å². The Bertz CT molecular complexity index is 1250. The average Bonchev–Trinajstić information content (AvgIpc) is 2.70. The number of sulfonamides is 1. The zero-order chi connectivity index (χ0) is 22.8. The van der Waals surface area contributed by atoms with Gasteiger partial charge in [0.05, 0.1) is 28.3 Å². The lowest BCUT2D eigenvalue weighted by atomic mass is 10.2. The van der Waals surface area contributed by atoms with Crippen molar-refractivity contribution in [3.05, 3.63) is 81.8 Å². The van der Waals surface area contributed by atoms with Gasteiger partial charge in [0, 0.05) is 5.02 Å². The number of amides is 1. The van der Waals surface area contributed by atoms with E-state index < -0.39 is 33.3 Å². The third-order valence-electron chi connectivity index (χ3n) is 4.10. The van der Waals surface area contributed by atoms with E-state index >= 15 is 0 Å². The Kier molecular flexibility index (Phi) is 6.68. The fourth-order valence-corrected chi connectivity index (χ4v) is 4.20. The molecule has 0 aliphatic heterocycles. The first-order valence-corrected chi connectivity index (χ1v) is 10.8. The Balaban J connectivity index is 1.95. The number of carbonyl (C=O) groups is 1. The Morgan fingerprint density at radius 3 is 2.29 bits per heavy atom. The summed E-state index contributed by atoms with van der Waals surface area (Å²) in [6.45, 7) is 0. The molecular weight excluding hydrogens is 473 g/mol. The first kappa shape index (κ1) is 22.8. The Morgan fingerprint density at radius 1 is 1.00 bits per heavy atom. The molecule has 3 aromatic rings. The molecule has 162 valence electrons. The van der Waals surface area contributed by atoms with Gasteiger partial charge in [0.1, 0.15) is 23.1 Å². The maximum atomic E-state index is 13.9. The second kappa shape index (κ2) is 9.09. The highest BCUT2D eigenvalue weighted by molar-refractivity contribution is 7.92. The summed E-state index contributed by atoms with van der Waals surface area (Å²) in [6.07, 6.45) is 0. The third-order valence-corrected chi connectivity index (χ3v) is 6.00. The fourth-order valence-electron chi connectivity index (χ4n) is 2.60. The van der Waals surface area contributed by atoms with Crippen molar-refractivity contribution in [2.75, 3.05) is 17.1 Å². The van der Waals surface area contributed by atoms with Crippen molar-refractivity contribution < 1.29 is 26.7 Å². The van der Waals surface area contributed by atoms with Gasteiger partial charge in [0.25, 0.3) is 15.9 Å². The molecule has 0 atom stereocenters. The van der Waals surface area contributed by atoms with Gasteiger partial charge >= 0.3 is 0 Å². The molecule has 0 unspecified atom stereocenters. The summed E-state index contributed by atoms with van der Waals surface area (Å²) < 4.78 is 60.1. The molecule has 0 aliphatic rings. The van der Waals surface area contributed by atoms with E-state index in [0.717, 1.165) is 30.3 Å². The predicted molar refractivity (Wildman–Crippen MR) is 115 cm³/mol. The van der Waals surface area contributed by atoms with Crippen LogP contribution < -0.4 is 14.8 Å². The largest absolute Gasteiger partial charge is 0.495 e. The molecule has 0 aliphatic carbocycles. The van der Waals surface area contributed by atoms with Gasteiger partial charge in [-0.2, -0.15) is 0 Å². The summed E-state index contributed by atoms with van der Waals surface area (Å²) in [6, 6.07) is 10.7. The molecule has 0 aromatic heterocycles. The van der Waals surface area contributed by atoms with E-state index in [9.17, 15) is 22.0 Å². The number of benzene rings is 3.